The zero-order chi connectivity index (χ0) is 15.4. The number of hydrogen-bond donors (Lipinski definition) is 0. The minimum Gasteiger partial charge on any atom is -0.375 e. The Morgan fingerprint density at radius 3 is 2.64 bits per heavy atom. The number of benzene rings is 1. The lowest BCUT2D eigenvalue weighted by atomic mass is 10.0. The van der Waals surface area contributed by atoms with Crippen molar-refractivity contribution < 1.29 is 9.53 Å². The smallest absolute Gasteiger partial charge is 0.248 e. The Bertz CT molecular complexity index is 491. The van der Waals surface area contributed by atoms with Crippen LogP contribution in [0.1, 0.15) is 31.2 Å². The standard InChI is InChI=1S/C18H26N2O2/c1-22-14-18(21)20-12-6-10-17(20)16-9-5-11-19(16)13-15-7-3-2-4-8-15/h2-4,7-8,16-17H,5-6,9-14H2,1H3/t16-,17-/m0/s1. The number of carbonyl (C=O) groups is 1. The van der Waals surface area contributed by atoms with E-state index < -0.39 is 0 Å². The van der Waals surface area contributed by atoms with Gasteiger partial charge in [0, 0.05) is 32.3 Å². The summed E-state index contributed by atoms with van der Waals surface area (Å²) in [5.41, 5.74) is 1.36. The zero-order valence-corrected chi connectivity index (χ0v) is 13.4. The molecule has 0 aromatic heterocycles. The summed E-state index contributed by atoms with van der Waals surface area (Å²) in [5, 5.41) is 0. The molecule has 1 aromatic rings. The normalized spacial score (nSPS) is 25.8. The number of likely N-dealkylation sites (tertiary alicyclic amines) is 2. The first-order valence-electron chi connectivity index (χ1n) is 8.36. The van der Waals surface area contributed by atoms with Gasteiger partial charge < -0.3 is 9.64 Å². The number of methoxy groups -OCH3 is 1. The Morgan fingerprint density at radius 1 is 1.14 bits per heavy atom. The molecule has 0 N–H and O–H groups in total. The Hall–Kier alpha value is -1.39. The summed E-state index contributed by atoms with van der Waals surface area (Å²) in [5.74, 6) is 0.150. The van der Waals surface area contributed by atoms with Crippen molar-refractivity contribution in [3.05, 3.63) is 35.9 Å². The molecule has 0 bridgehead atoms. The molecule has 1 aromatic carbocycles. The van der Waals surface area contributed by atoms with Gasteiger partial charge >= 0.3 is 0 Å². The number of nitrogens with zero attached hydrogens (tertiary/aromatic N) is 2. The predicted molar refractivity (Wildman–Crippen MR) is 86.5 cm³/mol. The Balaban J connectivity index is 1.68. The zero-order valence-electron chi connectivity index (χ0n) is 13.4. The van der Waals surface area contributed by atoms with Crippen LogP contribution in [-0.2, 0) is 16.1 Å². The number of ether oxygens (including phenoxy) is 1. The molecule has 4 nitrogen and oxygen atoms in total. The highest BCUT2D eigenvalue weighted by atomic mass is 16.5. The molecule has 4 heteroatoms. The molecule has 0 unspecified atom stereocenters. The number of rotatable bonds is 5. The van der Waals surface area contributed by atoms with Crippen molar-refractivity contribution in [3.63, 3.8) is 0 Å². The van der Waals surface area contributed by atoms with Gasteiger partial charge in [-0.1, -0.05) is 30.3 Å². The predicted octanol–water partition coefficient (Wildman–Crippen LogP) is 2.29. The van der Waals surface area contributed by atoms with Gasteiger partial charge in [-0.2, -0.15) is 0 Å². The van der Waals surface area contributed by atoms with E-state index in [4.69, 9.17) is 4.74 Å². The van der Waals surface area contributed by atoms with Gasteiger partial charge in [0.05, 0.1) is 0 Å². The third-order valence-corrected chi connectivity index (χ3v) is 4.97. The molecule has 0 saturated carbocycles. The lowest BCUT2D eigenvalue weighted by Crippen LogP contribution is -2.48. The summed E-state index contributed by atoms with van der Waals surface area (Å²) in [6, 6.07) is 11.5. The second kappa shape index (κ2) is 7.25. The van der Waals surface area contributed by atoms with Gasteiger partial charge in [0.1, 0.15) is 6.61 Å². The molecule has 120 valence electrons. The maximum absolute atomic E-state index is 12.3. The van der Waals surface area contributed by atoms with Crippen molar-refractivity contribution in [2.45, 2.75) is 44.3 Å². The van der Waals surface area contributed by atoms with Crippen molar-refractivity contribution in [3.8, 4) is 0 Å². The molecule has 1 amide bonds. The minimum atomic E-state index is 0.150. The summed E-state index contributed by atoms with van der Waals surface area (Å²) in [6.07, 6.45) is 4.69. The highest BCUT2D eigenvalue weighted by Crippen LogP contribution is 2.31. The maximum Gasteiger partial charge on any atom is 0.248 e. The molecule has 2 atom stereocenters. The van der Waals surface area contributed by atoms with Crippen LogP contribution in [0.15, 0.2) is 30.3 Å². The van der Waals surface area contributed by atoms with Crippen LogP contribution in [0.2, 0.25) is 0 Å². The summed E-state index contributed by atoms with van der Waals surface area (Å²) in [6.45, 7) is 3.24. The molecule has 22 heavy (non-hydrogen) atoms. The molecule has 2 heterocycles. The Labute approximate surface area is 133 Å². The summed E-state index contributed by atoms with van der Waals surface area (Å²) in [7, 11) is 1.60. The van der Waals surface area contributed by atoms with E-state index in [-0.39, 0.29) is 12.5 Å². The number of amides is 1. The van der Waals surface area contributed by atoms with Crippen LogP contribution in [0.4, 0.5) is 0 Å². The monoisotopic (exact) mass is 302 g/mol. The molecule has 2 aliphatic rings. The van der Waals surface area contributed by atoms with Gasteiger partial charge in [-0.05, 0) is 37.8 Å². The largest absolute Gasteiger partial charge is 0.375 e. The molecule has 0 aliphatic carbocycles. The molecular formula is C18H26N2O2. The lowest BCUT2D eigenvalue weighted by molar-refractivity contribution is -0.137. The van der Waals surface area contributed by atoms with E-state index in [2.05, 4.69) is 40.1 Å². The van der Waals surface area contributed by atoms with Gasteiger partial charge in [-0.25, -0.2) is 0 Å². The number of hydrogen-bond acceptors (Lipinski definition) is 3. The maximum atomic E-state index is 12.3. The van der Waals surface area contributed by atoms with Gasteiger partial charge in [0.2, 0.25) is 5.91 Å². The molecule has 0 spiro atoms. The van der Waals surface area contributed by atoms with Crippen molar-refractivity contribution >= 4 is 5.91 Å². The van der Waals surface area contributed by atoms with Crippen molar-refractivity contribution in [2.24, 2.45) is 0 Å². The highest BCUT2D eigenvalue weighted by Gasteiger charge is 2.39. The van der Waals surface area contributed by atoms with E-state index in [0.29, 0.717) is 12.1 Å². The molecular weight excluding hydrogens is 276 g/mol. The molecule has 0 radical (unpaired) electrons. The van der Waals surface area contributed by atoms with E-state index in [1.165, 1.54) is 18.4 Å². The minimum absolute atomic E-state index is 0.150. The van der Waals surface area contributed by atoms with Crippen molar-refractivity contribution in [1.29, 1.82) is 0 Å². The van der Waals surface area contributed by atoms with Crippen molar-refractivity contribution in [2.75, 3.05) is 26.8 Å². The third-order valence-electron chi connectivity index (χ3n) is 4.97. The van der Waals surface area contributed by atoms with Crippen LogP contribution in [0.3, 0.4) is 0 Å². The Morgan fingerprint density at radius 2 is 1.86 bits per heavy atom. The van der Waals surface area contributed by atoms with Gasteiger partial charge in [-0.3, -0.25) is 9.69 Å². The van der Waals surface area contributed by atoms with Crippen LogP contribution < -0.4 is 0 Å². The first-order chi connectivity index (χ1) is 10.8. The van der Waals surface area contributed by atoms with Gasteiger partial charge in [0.15, 0.2) is 0 Å². The molecule has 2 aliphatic heterocycles. The van der Waals surface area contributed by atoms with Crippen LogP contribution >= 0.6 is 0 Å². The Kier molecular flexibility index (Phi) is 5.11. The molecule has 2 fully saturated rings. The van der Waals surface area contributed by atoms with E-state index in [0.717, 1.165) is 32.5 Å². The molecule has 2 saturated heterocycles. The van der Waals surface area contributed by atoms with Crippen LogP contribution in [0.25, 0.3) is 0 Å². The number of carbonyl (C=O) groups excluding carboxylic acids is 1. The third kappa shape index (κ3) is 3.33. The fraction of sp³-hybridized carbons (Fsp3) is 0.611. The van der Waals surface area contributed by atoms with Crippen LogP contribution in [0, 0.1) is 0 Å². The molecule has 3 rings (SSSR count). The quantitative estimate of drug-likeness (QED) is 0.836. The van der Waals surface area contributed by atoms with E-state index in [9.17, 15) is 4.79 Å². The average Bonchev–Trinajstić information content (AvgIpc) is 3.17. The summed E-state index contributed by atoms with van der Waals surface area (Å²) in [4.78, 5) is 16.9. The second-order valence-corrected chi connectivity index (χ2v) is 6.40. The topological polar surface area (TPSA) is 32.8 Å². The van der Waals surface area contributed by atoms with E-state index in [1.807, 2.05) is 0 Å². The SMILES string of the molecule is COCC(=O)N1CCC[C@H]1[C@@H]1CCCN1Cc1ccccc1. The van der Waals surface area contributed by atoms with Crippen molar-refractivity contribution in [1.82, 2.24) is 9.80 Å². The first-order valence-corrected chi connectivity index (χ1v) is 8.36. The second-order valence-electron chi connectivity index (χ2n) is 6.40. The fourth-order valence-corrected chi connectivity index (χ4v) is 4.01. The fourth-order valence-electron chi connectivity index (χ4n) is 4.01. The summed E-state index contributed by atoms with van der Waals surface area (Å²) >= 11 is 0. The lowest BCUT2D eigenvalue weighted by Gasteiger charge is -2.35. The first kappa shape index (κ1) is 15.5. The van der Waals surface area contributed by atoms with Gasteiger partial charge in [-0.15, -0.1) is 0 Å². The van der Waals surface area contributed by atoms with Crippen LogP contribution in [-0.4, -0.2) is 54.6 Å². The summed E-state index contributed by atoms with van der Waals surface area (Å²) < 4.78 is 5.04. The van der Waals surface area contributed by atoms with E-state index >= 15 is 0 Å². The average molecular weight is 302 g/mol. The van der Waals surface area contributed by atoms with Gasteiger partial charge in [0.25, 0.3) is 0 Å². The van der Waals surface area contributed by atoms with Crippen LogP contribution in [0.5, 0.6) is 0 Å². The highest BCUT2D eigenvalue weighted by molar-refractivity contribution is 5.78. The van der Waals surface area contributed by atoms with E-state index in [1.54, 1.807) is 7.11 Å².